The number of hydrogen-bond donors (Lipinski definition) is 1. The number of rotatable bonds is 3. The van der Waals surface area contributed by atoms with Crippen molar-refractivity contribution in [2.75, 3.05) is 26.7 Å². The molecule has 1 aromatic rings. The highest BCUT2D eigenvalue weighted by molar-refractivity contribution is 5.79. The van der Waals surface area contributed by atoms with Crippen LogP contribution in [0.1, 0.15) is 19.4 Å². The molecule has 2 rings (SSSR count). The lowest BCUT2D eigenvalue weighted by Crippen LogP contribution is -2.58. The summed E-state index contributed by atoms with van der Waals surface area (Å²) < 4.78 is 5.11. The lowest BCUT2D eigenvalue weighted by molar-refractivity contribution is -0.132. The van der Waals surface area contributed by atoms with Crippen molar-refractivity contribution in [2.45, 2.75) is 25.8 Å². The lowest BCUT2D eigenvalue weighted by atomic mass is 10.0. The number of carbonyl (C=O) groups is 1. The molecule has 0 aliphatic carbocycles. The van der Waals surface area contributed by atoms with Crippen LogP contribution in [0.3, 0.4) is 0 Å². The highest BCUT2D eigenvalue weighted by Gasteiger charge is 2.28. The monoisotopic (exact) mass is 262 g/mol. The Kier molecular flexibility index (Phi) is 4.10. The minimum atomic E-state index is 0.00776. The van der Waals surface area contributed by atoms with Crippen LogP contribution in [0.2, 0.25) is 0 Å². The first-order valence-electron chi connectivity index (χ1n) is 6.66. The molecule has 1 aliphatic heterocycles. The molecule has 4 heteroatoms. The van der Waals surface area contributed by atoms with Crippen LogP contribution >= 0.6 is 0 Å². The Labute approximate surface area is 114 Å². The first-order valence-corrected chi connectivity index (χ1v) is 6.66. The van der Waals surface area contributed by atoms with E-state index in [1.807, 2.05) is 29.2 Å². The molecule has 19 heavy (non-hydrogen) atoms. The third kappa shape index (κ3) is 3.70. The van der Waals surface area contributed by atoms with Gasteiger partial charge in [-0.05, 0) is 31.5 Å². The molecule has 0 atom stereocenters. The molecule has 0 spiro atoms. The maximum absolute atomic E-state index is 12.3. The van der Waals surface area contributed by atoms with Gasteiger partial charge in [0, 0.05) is 25.2 Å². The van der Waals surface area contributed by atoms with Crippen LogP contribution in [0.25, 0.3) is 0 Å². The van der Waals surface area contributed by atoms with Gasteiger partial charge in [-0.1, -0.05) is 12.1 Å². The summed E-state index contributed by atoms with van der Waals surface area (Å²) in [5.74, 6) is 1.01. The van der Waals surface area contributed by atoms with Crippen molar-refractivity contribution in [2.24, 2.45) is 0 Å². The average molecular weight is 262 g/mol. The summed E-state index contributed by atoms with van der Waals surface area (Å²) in [6.07, 6.45) is 0.458. The van der Waals surface area contributed by atoms with E-state index in [9.17, 15) is 4.79 Å². The van der Waals surface area contributed by atoms with Crippen molar-refractivity contribution in [1.29, 1.82) is 0 Å². The van der Waals surface area contributed by atoms with Gasteiger partial charge in [-0.25, -0.2) is 0 Å². The van der Waals surface area contributed by atoms with Crippen molar-refractivity contribution in [3.63, 3.8) is 0 Å². The Hall–Kier alpha value is -1.55. The highest BCUT2D eigenvalue weighted by atomic mass is 16.5. The normalized spacial score (nSPS) is 18.2. The van der Waals surface area contributed by atoms with Crippen LogP contribution in [0.4, 0.5) is 0 Å². The van der Waals surface area contributed by atoms with E-state index in [4.69, 9.17) is 4.74 Å². The quantitative estimate of drug-likeness (QED) is 0.896. The summed E-state index contributed by atoms with van der Waals surface area (Å²) in [7, 11) is 1.64. The number of methoxy groups -OCH3 is 1. The van der Waals surface area contributed by atoms with E-state index in [0.29, 0.717) is 6.42 Å². The number of amides is 1. The minimum absolute atomic E-state index is 0.00776. The molecule has 0 saturated carbocycles. The van der Waals surface area contributed by atoms with Crippen LogP contribution in [0, 0.1) is 0 Å². The molecular formula is C15H22N2O2. The average Bonchev–Trinajstić information content (AvgIpc) is 2.38. The molecule has 4 nitrogen and oxygen atoms in total. The molecule has 1 aliphatic rings. The fourth-order valence-electron chi connectivity index (χ4n) is 2.38. The van der Waals surface area contributed by atoms with E-state index in [1.54, 1.807) is 7.11 Å². The zero-order valence-electron chi connectivity index (χ0n) is 11.9. The van der Waals surface area contributed by atoms with Crippen molar-refractivity contribution in [3.05, 3.63) is 29.8 Å². The van der Waals surface area contributed by atoms with Crippen LogP contribution in [-0.2, 0) is 11.2 Å². The predicted octanol–water partition coefficient (Wildman–Crippen LogP) is 1.45. The molecule has 1 saturated heterocycles. The van der Waals surface area contributed by atoms with Gasteiger partial charge in [-0.2, -0.15) is 0 Å². The number of hydrogen-bond acceptors (Lipinski definition) is 3. The van der Waals surface area contributed by atoms with Gasteiger partial charge >= 0.3 is 0 Å². The van der Waals surface area contributed by atoms with E-state index in [-0.39, 0.29) is 11.4 Å². The standard InChI is InChI=1S/C15H22N2O2/c1-15(2)11-17(9-8-16-15)14(18)10-12-4-6-13(19-3)7-5-12/h4-7,16H,8-11H2,1-3H3. The summed E-state index contributed by atoms with van der Waals surface area (Å²) >= 11 is 0. The van der Waals surface area contributed by atoms with Gasteiger partial charge < -0.3 is 15.0 Å². The van der Waals surface area contributed by atoms with Gasteiger partial charge in [0.05, 0.1) is 13.5 Å². The fraction of sp³-hybridized carbons (Fsp3) is 0.533. The lowest BCUT2D eigenvalue weighted by Gasteiger charge is -2.39. The molecule has 1 N–H and O–H groups in total. The van der Waals surface area contributed by atoms with Gasteiger partial charge in [0.25, 0.3) is 0 Å². The number of nitrogens with zero attached hydrogens (tertiary/aromatic N) is 1. The SMILES string of the molecule is COc1ccc(CC(=O)N2CCNC(C)(C)C2)cc1. The van der Waals surface area contributed by atoms with Gasteiger partial charge in [0.15, 0.2) is 0 Å². The van der Waals surface area contributed by atoms with Crippen LogP contribution in [0.5, 0.6) is 5.75 Å². The largest absolute Gasteiger partial charge is 0.497 e. The Morgan fingerprint density at radius 3 is 2.63 bits per heavy atom. The van der Waals surface area contributed by atoms with Gasteiger partial charge in [0.1, 0.15) is 5.75 Å². The third-order valence-electron chi connectivity index (χ3n) is 3.44. The third-order valence-corrected chi connectivity index (χ3v) is 3.44. The second kappa shape index (κ2) is 5.61. The molecule has 0 bridgehead atoms. The number of nitrogens with one attached hydrogen (secondary N) is 1. The van der Waals surface area contributed by atoms with Crippen LogP contribution < -0.4 is 10.1 Å². The molecule has 1 amide bonds. The molecule has 0 radical (unpaired) electrons. The molecule has 1 aromatic carbocycles. The summed E-state index contributed by atoms with van der Waals surface area (Å²) in [5, 5.41) is 3.41. The number of carbonyl (C=O) groups excluding carboxylic acids is 1. The van der Waals surface area contributed by atoms with Gasteiger partial charge in [-0.15, -0.1) is 0 Å². The zero-order chi connectivity index (χ0) is 13.9. The Bertz CT molecular complexity index is 440. The minimum Gasteiger partial charge on any atom is -0.497 e. The fourth-order valence-corrected chi connectivity index (χ4v) is 2.38. The molecule has 1 fully saturated rings. The second-order valence-corrected chi connectivity index (χ2v) is 5.65. The molecule has 0 unspecified atom stereocenters. The topological polar surface area (TPSA) is 41.6 Å². The van der Waals surface area contributed by atoms with E-state index in [2.05, 4.69) is 19.2 Å². The second-order valence-electron chi connectivity index (χ2n) is 5.65. The van der Waals surface area contributed by atoms with Crippen molar-refractivity contribution in [3.8, 4) is 5.75 Å². The van der Waals surface area contributed by atoms with E-state index in [1.165, 1.54) is 0 Å². The van der Waals surface area contributed by atoms with Crippen LogP contribution in [0.15, 0.2) is 24.3 Å². The zero-order valence-corrected chi connectivity index (χ0v) is 11.9. The first-order chi connectivity index (χ1) is 9.00. The summed E-state index contributed by atoms with van der Waals surface area (Å²) in [5.41, 5.74) is 1.04. The number of piperazine rings is 1. The molecule has 1 heterocycles. The summed E-state index contributed by atoms with van der Waals surface area (Å²) in [6, 6.07) is 7.68. The van der Waals surface area contributed by atoms with Crippen LogP contribution in [-0.4, -0.2) is 43.1 Å². The summed E-state index contributed by atoms with van der Waals surface area (Å²) in [6.45, 7) is 6.67. The maximum atomic E-state index is 12.3. The number of benzene rings is 1. The Morgan fingerprint density at radius 1 is 1.37 bits per heavy atom. The Balaban J connectivity index is 1.96. The Morgan fingerprint density at radius 2 is 2.05 bits per heavy atom. The first kappa shape index (κ1) is 13.9. The smallest absolute Gasteiger partial charge is 0.227 e. The predicted molar refractivity (Wildman–Crippen MR) is 75.4 cm³/mol. The van der Waals surface area contributed by atoms with Crippen molar-refractivity contribution < 1.29 is 9.53 Å². The highest BCUT2D eigenvalue weighted by Crippen LogP contribution is 2.15. The van der Waals surface area contributed by atoms with Gasteiger partial charge in [0.2, 0.25) is 5.91 Å². The van der Waals surface area contributed by atoms with Crippen molar-refractivity contribution >= 4 is 5.91 Å². The van der Waals surface area contributed by atoms with E-state index in [0.717, 1.165) is 30.9 Å². The van der Waals surface area contributed by atoms with Gasteiger partial charge in [-0.3, -0.25) is 4.79 Å². The summed E-state index contributed by atoms with van der Waals surface area (Å²) in [4.78, 5) is 14.2. The van der Waals surface area contributed by atoms with E-state index >= 15 is 0 Å². The molecular weight excluding hydrogens is 240 g/mol. The maximum Gasteiger partial charge on any atom is 0.227 e. The molecule has 0 aromatic heterocycles. The van der Waals surface area contributed by atoms with E-state index < -0.39 is 0 Å². The number of ether oxygens (including phenoxy) is 1. The van der Waals surface area contributed by atoms with Crippen molar-refractivity contribution in [1.82, 2.24) is 10.2 Å². The molecule has 104 valence electrons.